The van der Waals surface area contributed by atoms with Crippen LogP contribution in [0.4, 0.5) is 20.2 Å². The Morgan fingerprint density at radius 3 is 2.62 bits per heavy atom. The van der Waals surface area contributed by atoms with Gasteiger partial charge < -0.3 is 5.43 Å². The second-order valence-electron chi connectivity index (χ2n) is 4.08. The number of anilines is 1. The number of hydrogen-bond donors (Lipinski definition) is 2. The fraction of sp³-hybridized carbons (Fsp3) is 0.0769. The van der Waals surface area contributed by atoms with E-state index in [9.17, 15) is 18.9 Å². The highest BCUT2D eigenvalue weighted by Crippen LogP contribution is 2.32. The number of hydrazine groups is 1. The highest BCUT2D eigenvalue weighted by molar-refractivity contribution is 7.98. The molecule has 0 saturated carbocycles. The van der Waals surface area contributed by atoms with Gasteiger partial charge in [0.15, 0.2) is 11.6 Å². The van der Waals surface area contributed by atoms with E-state index in [1.165, 1.54) is 23.9 Å². The van der Waals surface area contributed by atoms with Crippen LogP contribution in [0.1, 0.15) is 5.56 Å². The number of rotatable bonds is 5. The number of nitro groups is 1. The van der Waals surface area contributed by atoms with Gasteiger partial charge in [0.05, 0.1) is 4.92 Å². The summed E-state index contributed by atoms with van der Waals surface area (Å²) in [5, 5.41) is 10.9. The van der Waals surface area contributed by atoms with E-state index in [4.69, 9.17) is 5.84 Å². The van der Waals surface area contributed by atoms with Crippen LogP contribution in [0.3, 0.4) is 0 Å². The number of para-hydroxylation sites is 1. The number of thioether (sulfide) groups is 1. The number of nitro benzene ring substituents is 1. The Balaban J connectivity index is 2.21. The first kappa shape index (κ1) is 15.2. The highest BCUT2D eigenvalue weighted by Gasteiger charge is 2.16. The molecule has 0 spiro atoms. The molecule has 0 unspecified atom stereocenters. The summed E-state index contributed by atoms with van der Waals surface area (Å²) in [6.07, 6.45) is 0. The smallest absolute Gasteiger partial charge is 0.293 e. The molecule has 3 N–H and O–H groups in total. The van der Waals surface area contributed by atoms with Crippen molar-refractivity contribution >= 4 is 23.1 Å². The Kier molecular flexibility index (Phi) is 4.71. The summed E-state index contributed by atoms with van der Waals surface area (Å²) in [6, 6.07) is 8.10. The van der Waals surface area contributed by atoms with Crippen LogP contribution in [-0.2, 0) is 5.75 Å². The molecule has 8 heteroatoms. The van der Waals surface area contributed by atoms with Crippen LogP contribution in [0.25, 0.3) is 0 Å². The zero-order valence-corrected chi connectivity index (χ0v) is 11.5. The predicted octanol–water partition coefficient (Wildman–Crippen LogP) is 3.45. The summed E-state index contributed by atoms with van der Waals surface area (Å²) in [4.78, 5) is 10.9. The van der Waals surface area contributed by atoms with Crippen molar-refractivity contribution in [2.45, 2.75) is 10.6 Å². The van der Waals surface area contributed by atoms with Crippen molar-refractivity contribution in [1.29, 1.82) is 0 Å². The summed E-state index contributed by atoms with van der Waals surface area (Å²) >= 11 is 1.22. The van der Waals surface area contributed by atoms with Crippen molar-refractivity contribution in [2.75, 3.05) is 5.43 Å². The van der Waals surface area contributed by atoms with E-state index in [0.29, 0.717) is 16.2 Å². The molecule has 0 heterocycles. The van der Waals surface area contributed by atoms with E-state index in [2.05, 4.69) is 5.43 Å². The van der Waals surface area contributed by atoms with Gasteiger partial charge in [-0.05, 0) is 23.8 Å². The Labute approximate surface area is 123 Å². The van der Waals surface area contributed by atoms with Gasteiger partial charge in [-0.25, -0.2) is 8.78 Å². The summed E-state index contributed by atoms with van der Waals surface area (Å²) in [5.41, 5.74) is 2.98. The molecule has 2 aromatic rings. The van der Waals surface area contributed by atoms with Gasteiger partial charge in [-0.3, -0.25) is 16.0 Å². The van der Waals surface area contributed by atoms with Crippen LogP contribution < -0.4 is 11.3 Å². The molecule has 21 heavy (non-hydrogen) atoms. The van der Waals surface area contributed by atoms with Crippen molar-refractivity contribution in [3.05, 3.63) is 63.7 Å². The average molecular weight is 311 g/mol. The molecule has 2 aromatic carbocycles. The second-order valence-corrected chi connectivity index (χ2v) is 5.13. The number of nitrogen functional groups attached to an aromatic ring is 1. The summed E-state index contributed by atoms with van der Waals surface area (Å²) in [5.74, 6) is 3.80. The molecule has 0 aliphatic carbocycles. The number of hydrogen-bond acceptors (Lipinski definition) is 5. The molecule has 110 valence electrons. The number of halogens is 2. The minimum Gasteiger partial charge on any atom is -0.318 e. The normalized spacial score (nSPS) is 10.4. The fourth-order valence-electron chi connectivity index (χ4n) is 1.75. The van der Waals surface area contributed by atoms with E-state index < -0.39 is 16.6 Å². The zero-order valence-electron chi connectivity index (χ0n) is 10.7. The standard InChI is InChI=1S/C13H11F2N3O2S/c14-10-5-4-9(6-11(10)15)21-7-8-2-1-3-12(18(19)20)13(8)17-16/h1-6,17H,7,16H2. The van der Waals surface area contributed by atoms with Gasteiger partial charge in [-0.1, -0.05) is 12.1 Å². The molecule has 0 radical (unpaired) electrons. The Morgan fingerprint density at radius 2 is 2.00 bits per heavy atom. The van der Waals surface area contributed by atoms with Crippen LogP contribution in [0.5, 0.6) is 0 Å². The molecular weight excluding hydrogens is 300 g/mol. The van der Waals surface area contributed by atoms with Gasteiger partial charge >= 0.3 is 0 Å². The highest BCUT2D eigenvalue weighted by atomic mass is 32.2. The quantitative estimate of drug-likeness (QED) is 0.382. The molecule has 0 amide bonds. The molecular formula is C13H11F2N3O2S. The summed E-state index contributed by atoms with van der Waals surface area (Å²) < 4.78 is 25.9. The van der Waals surface area contributed by atoms with Crippen molar-refractivity contribution in [2.24, 2.45) is 5.84 Å². The molecule has 0 aliphatic heterocycles. The number of nitrogens with zero attached hydrogens (tertiary/aromatic N) is 1. The fourth-order valence-corrected chi connectivity index (χ4v) is 2.67. The van der Waals surface area contributed by atoms with E-state index in [1.54, 1.807) is 12.1 Å². The lowest BCUT2D eigenvalue weighted by Crippen LogP contribution is -2.11. The summed E-state index contributed by atoms with van der Waals surface area (Å²) in [6.45, 7) is 0. The molecule has 0 bridgehead atoms. The maximum atomic E-state index is 13.1. The van der Waals surface area contributed by atoms with E-state index in [-0.39, 0.29) is 11.4 Å². The first-order valence-corrected chi connectivity index (χ1v) is 6.82. The lowest BCUT2D eigenvalue weighted by molar-refractivity contribution is -0.384. The third-order valence-corrected chi connectivity index (χ3v) is 3.80. The molecule has 0 saturated heterocycles. The second kappa shape index (κ2) is 6.51. The minimum absolute atomic E-state index is 0.138. The predicted molar refractivity (Wildman–Crippen MR) is 76.8 cm³/mol. The Hall–Kier alpha value is -2.19. The van der Waals surface area contributed by atoms with Crippen molar-refractivity contribution in [1.82, 2.24) is 0 Å². The van der Waals surface area contributed by atoms with Gasteiger partial charge in [0.2, 0.25) is 0 Å². The minimum atomic E-state index is -0.934. The Bertz CT molecular complexity index is 682. The van der Waals surface area contributed by atoms with Crippen LogP contribution >= 0.6 is 11.8 Å². The van der Waals surface area contributed by atoms with Crippen LogP contribution in [0.2, 0.25) is 0 Å². The van der Waals surface area contributed by atoms with Crippen molar-refractivity contribution < 1.29 is 13.7 Å². The third kappa shape index (κ3) is 3.47. The lowest BCUT2D eigenvalue weighted by atomic mass is 10.2. The monoisotopic (exact) mass is 311 g/mol. The maximum absolute atomic E-state index is 13.1. The first-order valence-electron chi connectivity index (χ1n) is 5.83. The van der Waals surface area contributed by atoms with E-state index in [1.807, 2.05) is 0 Å². The van der Waals surface area contributed by atoms with E-state index in [0.717, 1.165) is 12.1 Å². The van der Waals surface area contributed by atoms with Crippen LogP contribution in [-0.4, -0.2) is 4.92 Å². The van der Waals surface area contributed by atoms with Gasteiger partial charge in [0, 0.05) is 16.7 Å². The lowest BCUT2D eigenvalue weighted by Gasteiger charge is -2.09. The first-order chi connectivity index (χ1) is 10.0. The average Bonchev–Trinajstić information content (AvgIpc) is 2.47. The maximum Gasteiger partial charge on any atom is 0.293 e. The van der Waals surface area contributed by atoms with Crippen molar-refractivity contribution in [3.63, 3.8) is 0 Å². The topological polar surface area (TPSA) is 81.2 Å². The van der Waals surface area contributed by atoms with Gasteiger partial charge in [0.25, 0.3) is 5.69 Å². The molecule has 0 aromatic heterocycles. The third-order valence-electron chi connectivity index (χ3n) is 2.76. The zero-order chi connectivity index (χ0) is 15.4. The number of nitrogens with one attached hydrogen (secondary N) is 1. The van der Waals surface area contributed by atoms with Crippen LogP contribution in [0, 0.1) is 21.7 Å². The SMILES string of the molecule is NNc1c(CSc2ccc(F)c(F)c2)cccc1[N+](=O)[O-]. The Morgan fingerprint density at radius 1 is 1.24 bits per heavy atom. The summed E-state index contributed by atoms with van der Waals surface area (Å²) in [7, 11) is 0. The van der Waals surface area contributed by atoms with E-state index >= 15 is 0 Å². The van der Waals surface area contributed by atoms with Gasteiger partial charge in [-0.2, -0.15) is 0 Å². The van der Waals surface area contributed by atoms with Crippen LogP contribution in [0.15, 0.2) is 41.3 Å². The largest absolute Gasteiger partial charge is 0.318 e. The number of benzene rings is 2. The van der Waals surface area contributed by atoms with Gasteiger partial charge in [0.1, 0.15) is 5.69 Å². The van der Waals surface area contributed by atoms with Gasteiger partial charge in [-0.15, -0.1) is 11.8 Å². The molecule has 0 aliphatic rings. The number of nitrogens with two attached hydrogens (primary N) is 1. The molecule has 0 fully saturated rings. The molecule has 5 nitrogen and oxygen atoms in total. The van der Waals surface area contributed by atoms with Crippen molar-refractivity contribution in [3.8, 4) is 0 Å². The molecule has 0 atom stereocenters. The molecule has 2 rings (SSSR count).